The lowest BCUT2D eigenvalue weighted by Gasteiger charge is -2.39. The Morgan fingerprint density at radius 3 is 2.74 bits per heavy atom. The molecule has 0 atom stereocenters. The van der Waals surface area contributed by atoms with Crippen molar-refractivity contribution in [1.29, 1.82) is 0 Å². The Hall–Kier alpha value is -4.77. The van der Waals surface area contributed by atoms with Gasteiger partial charge in [-0.25, -0.2) is 4.39 Å². The van der Waals surface area contributed by atoms with Crippen LogP contribution in [-0.2, 0) is 4.79 Å². The Labute approximate surface area is 218 Å². The largest absolute Gasteiger partial charge is 0.380 e. The minimum Gasteiger partial charge on any atom is -0.380 e. The molecule has 5 rings (SSSR count). The number of nitrogens with one attached hydrogen (secondary N) is 5. The second kappa shape index (κ2) is 11.1. The van der Waals surface area contributed by atoms with Gasteiger partial charge in [0.15, 0.2) is 6.29 Å². The highest BCUT2D eigenvalue weighted by molar-refractivity contribution is 5.99. The predicted octanol–water partition coefficient (Wildman–Crippen LogP) is 4.45. The highest BCUT2D eigenvalue weighted by Crippen LogP contribution is 2.29. The third kappa shape index (κ3) is 5.62. The van der Waals surface area contributed by atoms with Crippen molar-refractivity contribution in [3.8, 4) is 0 Å². The summed E-state index contributed by atoms with van der Waals surface area (Å²) >= 11 is 0. The van der Waals surface area contributed by atoms with Gasteiger partial charge in [-0.1, -0.05) is 12.6 Å². The minimum absolute atomic E-state index is 0.218. The Bertz CT molecular complexity index is 1480. The van der Waals surface area contributed by atoms with Gasteiger partial charge in [0, 0.05) is 48.5 Å². The zero-order valence-electron chi connectivity index (χ0n) is 20.5. The third-order valence-corrected chi connectivity index (χ3v) is 6.15. The van der Waals surface area contributed by atoms with Gasteiger partial charge >= 0.3 is 0 Å². The lowest BCUT2D eigenvalue weighted by molar-refractivity contribution is -0.111. The normalized spacial score (nSPS) is 13.5. The van der Waals surface area contributed by atoms with Crippen LogP contribution in [0, 0.1) is 0 Å². The number of aldehydes is 1. The molecule has 1 saturated heterocycles. The zero-order chi connectivity index (χ0) is 26.5. The molecule has 1 aliphatic heterocycles. The number of hydrogen-bond acceptors (Lipinski definition) is 8. The first-order chi connectivity index (χ1) is 18.5. The van der Waals surface area contributed by atoms with Crippen molar-refractivity contribution in [2.75, 3.05) is 47.6 Å². The van der Waals surface area contributed by atoms with Crippen molar-refractivity contribution < 1.29 is 14.0 Å². The van der Waals surface area contributed by atoms with E-state index >= 15 is 0 Å². The number of benzene rings is 2. The third-order valence-electron chi connectivity index (χ3n) is 6.15. The molecular formula is C27H27FN8O2. The van der Waals surface area contributed by atoms with E-state index in [0.29, 0.717) is 46.6 Å². The van der Waals surface area contributed by atoms with E-state index in [4.69, 9.17) is 0 Å². The number of rotatable bonds is 11. The van der Waals surface area contributed by atoms with E-state index < -0.39 is 0 Å². The van der Waals surface area contributed by atoms with Gasteiger partial charge in [0.2, 0.25) is 11.9 Å². The molecule has 4 aromatic rings. The van der Waals surface area contributed by atoms with Crippen molar-refractivity contribution in [1.82, 2.24) is 19.9 Å². The summed E-state index contributed by atoms with van der Waals surface area (Å²) in [6, 6.07) is 14.7. The van der Waals surface area contributed by atoms with Crippen LogP contribution in [0.2, 0.25) is 0 Å². The molecule has 0 radical (unpaired) electrons. The second-order valence-corrected chi connectivity index (χ2v) is 8.87. The molecule has 38 heavy (non-hydrogen) atoms. The maximum Gasteiger partial charge on any atom is 0.247 e. The van der Waals surface area contributed by atoms with Crippen LogP contribution in [0.25, 0.3) is 11.0 Å². The summed E-state index contributed by atoms with van der Waals surface area (Å²) in [6.45, 7) is 5.10. The van der Waals surface area contributed by atoms with Gasteiger partial charge in [0.05, 0.1) is 17.1 Å². The SMILES string of the molecule is C=CC(=O)Nc1cccc(Nc2nc(Nc3ccc(NC4CN(CCF)C4)cc3C=O)nc3[nH]ccc23)c1. The van der Waals surface area contributed by atoms with Gasteiger partial charge < -0.3 is 26.3 Å². The molecule has 3 heterocycles. The quantitative estimate of drug-likeness (QED) is 0.147. The molecule has 1 aliphatic rings. The van der Waals surface area contributed by atoms with Crippen LogP contribution in [0.15, 0.2) is 67.4 Å². The van der Waals surface area contributed by atoms with Crippen LogP contribution in [0.1, 0.15) is 10.4 Å². The van der Waals surface area contributed by atoms with Gasteiger partial charge in [0.1, 0.15) is 18.1 Å². The number of amides is 1. The van der Waals surface area contributed by atoms with Gasteiger partial charge in [-0.05, 0) is 48.5 Å². The number of aromatic amines is 1. The Morgan fingerprint density at radius 1 is 1.11 bits per heavy atom. The average Bonchev–Trinajstić information content (AvgIpc) is 3.37. The predicted molar refractivity (Wildman–Crippen MR) is 147 cm³/mol. The molecule has 1 amide bonds. The Balaban J connectivity index is 1.34. The number of fused-ring (bicyclic) bond motifs is 1. The van der Waals surface area contributed by atoms with E-state index in [1.807, 2.05) is 29.2 Å². The molecule has 1 fully saturated rings. The molecule has 2 aromatic carbocycles. The van der Waals surface area contributed by atoms with Crippen LogP contribution in [0.5, 0.6) is 0 Å². The number of carbonyl (C=O) groups excluding carboxylic acids is 2. The first kappa shape index (κ1) is 24.9. The second-order valence-electron chi connectivity index (χ2n) is 8.87. The van der Waals surface area contributed by atoms with Gasteiger partial charge in [-0.2, -0.15) is 9.97 Å². The number of likely N-dealkylation sites (tertiary alicyclic amines) is 1. The summed E-state index contributed by atoms with van der Waals surface area (Å²) in [4.78, 5) is 37.8. The van der Waals surface area contributed by atoms with Crippen molar-refractivity contribution in [3.05, 3.63) is 72.9 Å². The number of halogens is 1. The highest BCUT2D eigenvalue weighted by Gasteiger charge is 2.26. The molecule has 10 nitrogen and oxygen atoms in total. The zero-order valence-corrected chi connectivity index (χ0v) is 20.5. The number of aromatic nitrogens is 3. The van der Waals surface area contributed by atoms with Crippen molar-refractivity contribution in [2.45, 2.75) is 6.04 Å². The molecule has 0 bridgehead atoms. The van der Waals surface area contributed by atoms with Gasteiger partial charge in [0.25, 0.3) is 0 Å². The van der Waals surface area contributed by atoms with E-state index in [9.17, 15) is 14.0 Å². The van der Waals surface area contributed by atoms with Crippen molar-refractivity contribution >= 4 is 57.7 Å². The van der Waals surface area contributed by atoms with E-state index in [0.717, 1.165) is 30.4 Å². The van der Waals surface area contributed by atoms with Gasteiger partial charge in [-0.3, -0.25) is 14.5 Å². The van der Waals surface area contributed by atoms with Crippen LogP contribution >= 0.6 is 0 Å². The Morgan fingerprint density at radius 2 is 1.95 bits per heavy atom. The van der Waals surface area contributed by atoms with E-state index in [1.165, 1.54) is 6.08 Å². The molecular weight excluding hydrogens is 487 g/mol. The fourth-order valence-corrected chi connectivity index (χ4v) is 4.28. The number of H-pyrrole nitrogens is 1. The average molecular weight is 515 g/mol. The van der Waals surface area contributed by atoms with Crippen molar-refractivity contribution in [2.24, 2.45) is 0 Å². The highest BCUT2D eigenvalue weighted by atomic mass is 19.1. The lowest BCUT2D eigenvalue weighted by Crippen LogP contribution is -2.55. The standard InChI is InChI=1S/C27H27FN8O2/c1-2-24(38)31-18-4-3-5-19(13-18)32-26-22-8-10-29-25(22)34-27(35-26)33-23-7-6-20(12-17(23)16-37)30-21-14-36(15-21)11-9-28/h2-8,10,12-13,16,21,30H,1,9,11,14-15H2,(H,31,38)(H3,29,32,33,34,35). The molecule has 194 valence electrons. The molecule has 0 unspecified atom stereocenters. The maximum atomic E-state index is 12.5. The van der Waals surface area contributed by atoms with Crippen LogP contribution in [0.3, 0.4) is 0 Å². The fourth-order valence-electron chi connectivity index (χ4n) is 4.28. The number of alkyl halides is 1. The van der Waals surface area contributed by atoms with Gasteiger partial charge in [-0.15, -0.1) is 0 Å². The first-order valence-electron chi connectivity index (χ1n) is 12.1. The van der Waals surface area contributed by atoms with E-state index in [-0.39, 0.29) is 18.6 Å². The summed E-state index contributed by atoms with van der Waals surface area (Å²) in [6.07, 6.45) is 3.75. The Kier molecular flexibility index (Phi) is 7.27. The first-order valence-corrected chi connectivity index (χ1v) is 12.1. The van der Waals surface area contributed by atoms with Crippen LogP contribution in [-0.4, -0.2) is 64.4 Å². The molecule has 5 N–H and O–H groups in total. The summed E-state index contributed by atoms with van der Waals surface area (Å²) in [5, 5.41) is 13.3. The molecule has 0 aliphatic carbocycles. The lowest BCUT2D eigenvalue weighted by atomic mass is 10.1. The maximum absolute atomic E-state index is 12.5. The van der Waals surface area contributed by atoms with E-state index in [2.05, 4.69) is 42.8 Å². The number of carbonyl (C=O) groups is 2. The smallest absolute Gasteiger partial charge is 0.247 e. The molecule has 0 saturated carbocycles. The molecule has 2 aromatic heterocycles. The monoisotopic (exact) mass is 514 g/mol. The summed E-state index contributed by atoms with van der Waals surface area (Å²) in [7, 11) is 0. The van der Waals surface area contributed by atoms with Crippen LogP contribution in [0.4, 0.5) is 38.9 Å². The summed E-state index contributed by atoms with van der Waals surface area (Å²) < 4.78 is 12.5. The summed E-state index contributed by atoms with van der Waals surface area (Å²) in [5.41, 5.74) is 3.75. The number of hydrogen-bond donors (Lipinski definition) is 5. The molecule has 0 spiro atoms. The van der Waals surface area contributed by atoms with E-state index in [1.54, 1.807) is 30.5 Å². The van der Waals surface area contributed by atoms with Crippen molar-refractivity contribution in [3.63, 3.8) is 0 Å². The minimum atomic E-state index is -0.351. The molecule has 11 heteroatoms. The fraction of sp³-hybridized carbons (Fsp3) is 0.185. The number of anilines is 6. The van der Waals surface area contributed by atoms with Crippen LogP contribution < -0.4 is 21.3 Å². The topological polar surface area (TPSA) is 127 Å². The number of nitrogens with zero attached hydrogens (tertiary/aromatic N) is 3. The summed E-state index contributed by atoms with van der Waals surface area (Å²) in [5.74, 6) is 0.533.